The molecule has 1 heterocycles. The van der Waals surface area contributed by atoms with Crippen LogP contribution in [0.2, 0.25) is 0 Å². The summed E-state index contributed by atoms with van der Waals surface area (Å²) in [6.07, 6.45) is 1.61. The van der Waals surface area contributed by atoms with Gasteiger partial charge < -0.3 is 10.1 Å². The largest absolute Gasteiger partial charge is 0.433 e. The standard InChI is InChI=1S/C13H18F2N2O3S.ClH/c1-16-10-5-4-8-17(9-10)21(18,19)12-7-3-2-6-11(12)20-13(14)15;/h2-3,6-7,10,13,16H,4-5,8-9H2,1H3;1H. The number of sulfonamides is 1. The minimum absolute atomic E-state index is 0. The first-order chi connectivity index (χ1) is 9.95. The molecule has 1 fully saturated rings. The topological polar surface area (TPSA) is 58.6 Å². The van der Waals surface area contributed by atoms with Crippen LogP contribution in [0.1, 0.15) is 12.8 Å². The Kier molecular flexibility index (Phi) is 6.98. The van der Waals surface area contributed by atoms with Crippen molar-refractivity contribution in [3.63, 3.8) is 0 Å². The Morgan fingerprint density at radius 1 is 1.36 bits per heavy atom. The van der Waals surface area contributed by atoms with Crippen LogP contribution in [-0.4, -0.2) is 45.5 Å². The average Bonchev–Trinajstić information content (AvgIpc) is 2.47. The van der Waals surface area contributed by atoms with Gasteiger partial charge in [-0.05, 0) is 32.0 Å². The fourth-order valence-electron chi connectivity index (χ4n) is 2.39. The van der Waals surface area contributed by atoms with Crippen LogP contribution < -0.4 is 10.1 Å². The number of alkyl halides is 2. The lowest BCUT2D eigenvalue weighted by atomic mass is 10.1. The SMILES string of the molecule is CNC1CCCN(S(=O)(=O)c2ccccc2OC(F)F)C1.Cl. The van der Waals surface area contributed by atoms with Crippen molar-refractivity contribution in [1.82, 2.24) is 9.62 Å². The van der Waals surface area contributed by atoms with Crippen molar-refractivity contribution in [1.29, 1.82) is 0 Å². The van der Waals surface area contributed by atoms with E-state index in [9.17, 15) is 17.2 Å². The van der Waals surface area contributed by atoms with Crippen LogP contribution in [0, 0.1) is 0 Å². The second-order valence-corrected chi connectivity index (χ2v) is 6.72. The van der Waals surface area contributed by atoms with E-state index in [4.69, 9.17) is 0 Å². The lowest BCUT2D eigenvalue weighted by molar-refractivity contribution is -0.0518. The van der Waals surface area contributed by atoms with Gasteiger partial charge in [0.25, 0.3) is 0 Å². The first kappa shape index (κ1) is 19.1. The molecule has 126 valence electrons. The molecule has 9 heteroatoms. The number of halogens is 3. The van der Waals surface area contributed by atoms with Crippen LogP contribution in [0.3, 0.4) is 0 Å². The second kappa shape index (κ2) is 8.05. The van der Waals surface area contributed by atoms with Crippen LogP contribution in [0.4, 0.5) is 8.78 Å². The Bertz CT molecular complexity index is 586. The van der Waals surface area contributed by atoms with Gasteiger partial charge in [-0.3, -0.25) is 0 Å². The van der Waals surface area contributed by atoms with E-state index in [1.807, 2.05) is 0 Å². The molecule has 0 aliphatic carbocycles. The molecule has 1 atom stereocenters. The lowest BCUT2D eigenvalue weighted by Crippen LogP contribution is -2.46. The summed E-state index contributed by atoms with van der Waals surface area (Å²) < 4.78 is 55.7. The molecule has 2 rings (SSSR count). The predicted octanol–water partition coefficient (Wildman–Crippen LogP) is 2.08. The summed E-state index contributed by atoms with van der Waals surface area (Å²) in [7, 11) is -2.07. The number of rotatable bonds is 5. The maximum atomic E-state index is 12.6. The number of hydrogen-bond acceptors (Lipinski definition) is 4. The van der Waals surface area contributed by atoms with E-state index in [1.165, 1.54) is 28.6 Å². The molecule has 0 saturated carbocycles. The van der Waals surface area contributed by atoms with Gasteiger partial charge in [-0.25, -0.2) is 8.42 Å². The molecule has 1 aromatic rings. The summed E-state index contributed by atoms with van der Waals surface area (Å²) in [6, 6.07) is 5.54. The first-order valence-corrected chi connectivity index (χ1v) is 8.10. The van der Waals surface area contributed by atoms with Crippen molar-refractivity contribution in [2.75, 3.05) is 20.1 Å². The van der Waals surface area contributed by atoms with Gasteiger partial charge in [0.05, 0.1) is 0 Å². The number of benzene rings is 1. The van der Waals surface area contributed by atoms with Crippen LogP contribution in [0.25, 0.3) is 0 Å². The molecule has 0 spiro atoms. The van der Waals surface area contributed by atoms with Crippen molar-refractivity contribution in [3.05, 3.63) is 24.3 Å². The van der Waals surface area contributed by atoms with E-state index in [1.54, 1.807) is 7.05 Å². The monoisotopic (exact) mass is 356 g/mol. The normalized spacial score (nSPS) is 19.7. The summed E-state index contributed by atoms with van der Waals surface area (Å²) >= 11 is 0. The summed E-state index contributed by atoms with van der Waals surface area (Å²) in [5.41, 5.74) is 0. The fraction of sp³-hybridized carbons (Fsp3) is 0.538. The Hall–Kier alpha value is -0.960. The maximum Gasteiger partial charge on any atom is 0.387 e. The highest BCUT2D eigenvalue weighted by molar-refractivity contribution is 7.89. The highest BCUT2D eigenvalue weighted by Crippen LogP contribution is 2.29. The zero-order valence-corrected chi connectivity index (χ0v) is 13.7. The van der Waals surface area contributed by atoms with Gasteiger partial charge in [-0.1, -0.05) is 12.1 Å². The molecule has 1 unspecified atom stereocenters. The van der Waals surface area contributed by atoms with E-state index in [-0.39, 0.29) is 29.1 Å². The summed E-state index contributed by atoms with van der Waals surface area (Å²) in [6.45, 7) is -2.36. The molecular weight excluding hydrogens is 338 g/mol. The summed E-state index contributed by atoms with van der Waals surface area (Å²) in [4.78, 5) is -0.220. The number of hydrogen-bond donors (Lipinski definition) is 1. The molecule has 0 amide bonds. The minimum atomic E-state index is -3.85. The van der Waals surface area contributed by atoms with Gasteiger partial charge in [-0.15, -0.1) is 12.4 Å². The zero-order valence-electron chi connectivity index (χ0n) is 12.0. The van der Waals surface area contributed by atoms with Gasteiger partial charge >= 0.3 is 6.61 Å². The van der Waals surface area contributed by atoms with Crippen LogP contribution in [0.15, 0.2) is 29.2 Å². The third-order valence-corrected chi connectivity index (χ3v) is 5.38. The highest BCUT2D eigenvalue weighted by atomic mass is 35.5. The van der Waals surface area contributed by atoms with E-state index in [0.717, 1.165) is 12.8 Å². The van der Waals surface area contributed by atoms with Gasteiger partial charge in [0.1, 0.15) is 10.6 Å². The maximum absolute atomic E-state index is 12.6. The number of likely N-dealkylation sites (N-methyl/N-ethyl adjacent to an activating group) is 1. The molecule has 1 saturated heterocycles. The number of nitrogens with zero attached hydrogens (tertiary/aromatic N) is 1. The molecule has 0 radical (unpaired) electrons. The lowest BCUT2D eigenvalue weighted by Gasteiger charge is -2.32. The molecular formula is C13H19ClF2N2O3S. The predicted molar refractivity (Wildman–Crippen MR) is 81.2 cm³/mol. The van der Waals surface area contributed by atoms with Gasteiger partial charge in [-0.2, -0.15) is 13.1 Å². The molecule has 0 aromatic heterocycles. The van der Waals surface area contributed by atoms with Gasteiger partial charge in [0.2, 0.25) is 10.0 Å². The molecule has 1 aliphatic rings. The third kappa shape index (κ3) is 4.28. The van der Waals surface area contributed by atoms with Crippen molar-refractivity contribution in [3.8, 4) is 5.75 Å². The van der Waals surface area contributed by atoms with Crippen molar-refractivity contribution < 1.29 is 21.9 Å². The molecule has 0 bridgehead atoms. The number of piperidine rings is 1. The Labute approximate surface area is 135 Å². The summed E-state index contributed by atoms with van der Waals surface area (Å²) in [5.74, 6) is -0.320. The van der Waals surface area contributed by atoms with E-state index in [0.29, 0.717) is 13.1 Å². The highest BCUT2D eigenvalue weighted by Gasteiger charge is 2.32. The van der Waals surface area contributed by atoms with Gasteiger partial charge in [0.15, 0.2) is 0 Å². The number of nitrogens with one attached hydrogen (secondary N) is 1. The Balaban J connectivity index is 0.00000242. The molecule has 1 aromatic carbocycles. The fourth-order valence-corrected chi connectivity index (χ4v) is 4.04. The number of para-hydroxylation sites is 1. The Morgan fingerprint density at radius 3 is 2.68 bits per heavy atom. The van der Waals surface area contributed by atoms with Crippen LogP contribution in [-0.2, 0) is 10.0 Å². The van der Waals surface area contributed by atoms with Crippen molar-refractivity contribution in [2.24, 2.45) is 0 Å². The summed E-state index contributed by atoms with van der Waals surface area (Å²) in [5, 5.41) is 3.05. The Morgan fingerprint density at radius 2 is 2.05 bits per heavy atom. The van der Waals surface area contributed by atoms with E-state index >= 15 is 0 Å². The van der Waals surface area contributed by atoms with Gasteiger partial charge in [0, 0.05) is 19.1 Å². The molecule has 22 heavy (non-hydrogen) atoms. The van der Waals surface area contributed by atoms with Crippen LogP contribution >= 0.6 is 12.4 Å². The smallest absolute Gasteiger partial charge is 0.387 e. The van der Waals surface area contributed by atoms with Crippen LogP contribution in [0.5, 0.6) is 5.75 Å². The minimum Gasteiger partial charge on any atom is -0.433 e. The zero-order chi connectivity index (χ0) is 15.5. The number of ether oxygens (including phenoxy) is 1. The van der Waals surface area contributed by atoms with E-state index in [2.05, 4.69) is 10.1 Å². The second-order valence-electron chi connectivity index (χ2n) is 4.82. The molecule has 1 N–H and O–H groups in total. The van der Waals surface area contributed by atoms with Crippen molar-refractivity contribution >= 4 is 22.4 Å². The first-order valence-electron chi connectivity index (χ1n) is 6.66. The average molecular weight is 357 g/mol. The van der Waals surface area contributed by atoms with Crippen molar-refractivity contribution in [2.45, 2.75) is 30.4 Å². The quantitative estimate of drug-likeness (QED) is 0.877. The third-order valence-electron chi connectivity index (χ3n) is 3.48. The molecule has 1 aliphatic heterocycles. The van der Waals surface area contributed by atoms with E-state index < -0.39 is 16.6 Å². The molecule has 5 nitrogen and oxygen atoms in total.